The summed E-state index contributed by atoms with van der Waals surface area (Å²) in [6, 6.07) is 71.4. The Hall–Kier alpha value is -9.47. The molecule has 0 bridgehead atoms. The number of hydrogen-bond donors (Lipinski definition) is 0. The Morgan fingerprint density at radius 3 is 0.812 bits per heavy atom. The minimum absolute atomic E-state index is 0.131. The molecule has 0 aliphatic carbocycles. The first-order valence-corrected chi connectivity index (χ1v) is 37.8. The molecule has 8 aromatic carbocycles. The molecule has 3 aromatic heterocycles. The number of aryl methyl sites for hydroxylation is 4. The molecule has 0 N–H and O–H groups in total. The average Bonchev–Trinajstić information content (AvgIpc) is 0.811. The summed E-state index contributed by atoms with van der Waals surface area (Å²) in [5, 5.41) is 0. The number of ether oxygens (including phenoxy) is 6. The highest BCUT2D eigenvalue weighted by molar-refractivity contribution is 7.97. The maximum absolute atomic E-state index is 10.6. The van der Waals surface area contributed by atoms with Crippen LogP contribution in [0.15, 0.2) is 295 Å². The van der Waals surface area contributed by atoms with Gasteiger partial charge < -0.3 is 37.5 Å². The van der Waals surface area contributed by atoms with Crippen molar-refractivity contribution in [1.29, 1.82) is 0 Å². The standard InChI is InChI=1S/C34H33N2O3S.C32H36NO3S.2C8H10O3S/c1-34(2,3)39-28-10-12-31(13-11-28)40(32-8-4-6-29(22-32)37-24-26-14-18-35-19-15-26)33-9-5-7-30(23-33)38-25-27-16-20-36-21-17-27;1-31(2,3)35-25-10-14-28(15-11-25)37(29-16-12-26(13-17-29)36-32(4,5)6)30-9-7-8-27(22-30)34-23-24-18-20-33-21-19-24;2*1-6-3-4-8(7(2)5-6)12(9,10)11/h4-23H,24-25H2,1-3H3;7-22H,23H2,1-6H3;2*3-5H,1-2H3,(H,9,10,11)/q2*+1;;/p-2. The second-order valence-electron chi connectivity index (χ2n) is 26.5. The molecule has 11 rings (SSSR count). The first-order valence-electron chi connectivity index (χ1n) is 32.6. The maximum atomic E-state index is 10.6. The van der Waals surface area contributed by atoms with Gasteiger partial charge in [0.25, 0.3) is 0 Å². The van der Waals surface area contributed by atoms with Crippen molar-refractivity contribution < 1.29 is 54.4 Å². The van der Waals surface area contributed by atoms with Gasteiger partial charge >= 0.3 is 0 Å². The molecule has 0 unspecified atom stereocenters. The molecule has 0 saturated heterocycles. The van der Waals surface area contributed by atoms with Gasteiger partial charge in [0.05, 0.1) is 31.6 Å². The van der Waals surface area contributed by atoms with Crippen molar-refractivity contribution in [3.63, 3.8) is 0 Å². The van der Waals surface area contributed by atoms with Gasteiger partial charge in [-0.1, -0.05) is 53.6 Å². The second-order valence-corrected chi connectivity index (χ2v) is 33.2. The van der Waals surface area contributed by atoms with Crippen LogP contribution in [0.4, 0.5) is 0 Å². The van der Waals surface area contributed by atoms with Crippen LogP contribution in [0.2, 0.25) is 0 Å². The minimum atomic E-state index is -4.30. The molecule has 101 heavy (non-hydrogen) atoms. The predicted octanol–water partition coefficient (Wildman–Crippen LogP) is 18.4. The normalized spacial score (nSPS) is 11.6. The zero-order chi connectivity index (χ0) is 73.0. The highest BCUT2D eigenvalue weighted by Gasteiger charge is 2.32. The Bertz CT molecular complexity index is 4440. The van der Waals surface area contributed by atoms with Crippen LogP contribution in [0.1, 0.15) is 101 Å². The summed E-state index contributed by atoms with van der Waals surface area (Å²) in [6.45, 7) is 26.9. The lowest BCUT2D eigenvalue weighted by Gasteiger charge is -2.21. The third-order valence-electron chi connectivity index (χ3n) is 14.2. The number of pyridine rings is 3. The first kappa shape index (κ1) is 77.3. The minimum Gasteiger partial charge on any atom is -0.744 e. The lowest BCUT2D eigenvalue weighted by Crippen LogP contribution is -2.23. The molecule has 0 atom stereocenters. The van der Waals surface area contributed by atoms with E-state index in [1.54, 1.807) is 75.3 Å². The van der Waals surface area contributed by atoms with Crippen LogP contribution in [-0.2, 0) is 61.8 Å². The van der Waals surface area contributed by atoms with Gasteiger partial charge in [-0.05, 0) is 276 Å². The van der Waals surface area contributed by atoms with E-state index >= 15 is 0 Å². The van der Waals surface area contributed by atoms with Crippen LogP contribution in [0.3, 0.4) is 0 Å². The molecule has 19 heteroatoms. The van der Waals surface area contributed by atoms with E-state index < -0.39 is 31.1 Å². The summed E-state index contributed by atoms with van der Waals surface area (Å²) in [7, 11) is -9.34. The summed E-state index contributed by atoms with van der Waals surface area (Å²) >= 11 is 0. The van der Waals surface area contributed by atoms with Gasteiger partial charge in [0.1, 0.15) is 91.4 Å². The summed E-state index contributed by atoms with van der Waals surface area (Å²) in [5.74, 6) is 5.07. The number of benzene rings is 8. The summed E-state index contributed by atoms with van der Waals surface area (Å²) in [4.78, 5) is 19.1. The fourth-order valence-electron chi connectivity index (χ4n) is 9.98. The van der Waals surface area contributed by atoms with Crippen molar-refractivity contribution in [3.8, 4) is 34.5 Å². The molecule has 3 heterocycles. The lowest BCUT2D eigenvalue weighted by molar-refractivity contribution is 0.130. The average molecular weight is 1430 g/mol. The number of hydrogen-bond acceptors (Lipinski definition) is 15. The van der Waals surface area contributed by atoms with E-state index in [0.717, 1.165) is 72.1 Å². The van der Waals surface area contributed by atoms with E-state index in [1.807, 2.05) is 80.6 Å². The molecule has 11 aromatic rings. The van der Waals surface area contributed by atoms with Gasteiger partial charge in [-0.3, -0.25) is 15.0 Å². The van der Waals surface area contributed by atoms with Gasteiger partial charge in [0, 0.05) is 55.4 Å². The molecule has 0 radical (unpaired) electrons. The van der Waals surface area contributed by atoms with Crippen LogP contribution >= 0.6 is 0 Å². The van der Waals surface area contributed by atoms with Gasteiger partial charge in [-0.2, -0.15) is 0 Å². The fraction of sp³-hybridized carbons (Fsp3) is 0.232. The number of aromatic nitrogens is 3. The van der Waals surface area contributed by atoms with E-state index in [0.29, 0.717) is 30.9 Å². The maximum Gasteiger partial charge on any atom is 0.170 e. The molecule has 526 valence electrons. The smallest absolute Gasteiger partial charge is 0.170 e. The largest absolute Gasteiger partial charge is 0.744 e. The highest BCUT2D eigenvalue weighted by atomic mass is 32.2. The van der Waals surface area contributed by atoms with Crippen molar-refractivity contribution in [2.24, 2.45) is 0 Å². The van der Waals surface area contributed by atoms with E-state index in [2.05, 4.69) is 193 Å². The zero-order valence-corrected chi connectivity index (χ0v) is 62.5. The van der Waals surface area contributed by atoms with Gasteiger partial charge in [-0.15, -0.1) is 0 Å². The van der Waals surface area contributed by atoms with E-state index in [-0.39, 0.29) is 37.5 Å². The molecule has 0 spiro atoms. The van der Waals surface area contributed by atoms with E-state index in [1.165, 1.54) is 31.7 Å². The number of rotatable bonds is 20. The zero-order valence-electron chi connectivity index (χ0n) is 59.2. The Labute approximate surface area is 602 Å². The first-order chi connectivity index (χ1) is 47.8. The van der Waals surface area contributed by atoms with Gasteiger partial charge in [-0.25, -0.2) is 16.8 Å². The number of nitrogens with zero attached hydrogens (tertiary/aromatic N) is 3. The molecule has 0 aliphatic heterocycles. The predicted molar refractivity (Wildman–Crippen MR) is 398 cm³/mol. The fourth-order valence-corrected chi connectivity index (χ4v) is 15.6. The molecule has 0 saturated carbocycles. The van der Waals surface area contributed by atoms with Crippen molar-refractivity contribution in [1.82, 2.24) is 15.0 Å². The van der Waals surface area contributed by atoms with Crippen molar-refractivity contribution in [2.75, 3.05) is 0 Å². The third kappa shape index (κ3) is 25.6. The van der Waals surface area contributed by atoms with E-state index in [4.69, 9.17) is 28.4 Å². The Balaban J connectivity index is 0.000000194. The quantitative estimate of drug-likeness (QED) is 0.0513. The molecule has 15 nitrogen and oxygen atoms in total. The van der Waals surface area contributed by atoms with Crippen LogP contribution in [0, 0.1) is 27.7 Å². The molecular weight excluding hydrogens is 1350 g/mol. The third-order valence-corrected chi connectivity index (χ3v) is 20.6. The van der Waals surface area contributed by atoms with Crippen LogP contribution < -0.4 is 28.4 Å². The SMILES string of the molecule is CC(C)(C)Oc1ccc([S+](c2ccc(OC(C)(C)C)cc2)c2cccc(OCc3ccncc3)c2)cc1.CC(C)(C)Oc1ccc([S+](c2cccc(OCc3ccncc3)c2)c2cccc(OCc3ccncc3)c2)cc1.Cc1ccc(S(=O)(=O)[O-])c(C)c1.Cc1ccc(S(=O)(=O)[O-])c(C)c1. The Morgan fingerprint density at radius 2 is 0.574 bits per heavy atom. The monoisotopic (exact) mass is 1430 g/mol. The highest BCUT2D eigenvalue weighted by Crippen LogP contribution is 2.38. The van der Waals surface area contributed by atoms with Gasteiger partial charge in [0.15, 0.2) is 29.4 Å². The molecular formula is C82H87N3O12S4. The molecule has 0 amide bonds. The summed E-state index contributed by atoms with van der Waals surface area (Å²) < 4.78 is 100. The Morgan fingerprint density at radius 1 is 0.317 bits per heavy atom. The van der Waals surface area contributed by atoms with Crippen LogP contribution in [0.5, 0.6) is 34.5 Å². The topological polar surface area (TPSA) is 208 Å². The van der Waals surface area contributed by atoms with Crippen molar-refractivity contribution in [3.05, 3.63) is 295 Å². The molecule has 0 fully saturated rings. The van der Waals surface area contributed by atoms with Crippen molar-refractivity contribution >= 4 is 42.0 Å². The lowest BCUT2D eigenvalue weighted by atomic mass is 10.2. The van der Waals surface area contributed by atoms with Crippen molar-refractivity contribution in [2.45, 2.75) is 166 Å². The summed E-state index contributed by atoms with van der Waals surface area (Å²) in [5.41, 5.74) is 5.39. The van der Waals surface area contributed by atoms with Crippen LogP contribution in [0.25, 0.3) is 0 Å². The van der Waals surface area contributed by atoms with E-state index in [9.17, 15) is 25.9 Å². The second kappa shape index (κ2) is 35.2. The van der Waals surface area contributed by atoms with Gasteiger partial charge in [0.2, 0.25) is 0 Å². The Kier molecular flexibility index (Phi) is 26.9. The summed E-state index contributed by atoms with van der Waals surface area (Å²) in [6.07, 6.45) is 10.7. The van der Waals surface area contributed by atoms with Crippen LogP contribution in [-0.4, -0.2) is 57.7 Å². The molecule has 0 aliphatic rings.